The van der Waals surface area contributed by atoms with Crippen LogP contribution in [0.1, 0.15) is 17.3 Å². The van der Waals surface area contributed by atoms with Crippen molar-refractivity contribution in [3.63, 3.8) is 0 Å². The van der Waals surface area contributed by atoms with Gasteiger partial charge in [-0.2, -0.15) is 0 Å². The number of sulfone groups is 1. The number of benzene rings is 2. The third-order valence-electron chi connectivity index (χ3n) is 3.26. The van der Waals surface area contributed by atoms with E-state index < -0.39 is 36.0 Å². The number of rotatable bonds is 7. The van der Waals surface area contributed by atoms with Crippen LogP contribution in [0.25, 0.3) is 0 Å². The molecular formula is C17H15NO6S. The molecule has 0 radical (unpaired) electrons. The zero-order chi connectivity index (χ0) is 18.4. The Kier molecular flexibility index (Phi) is 5.66. The van der Waals surface area contributed by atoms with E-state index in [2.05, 4.69) is 0 Å². The third-order valence-corrected chi connectivity index (χ3v) is 5.04. The highest BCUT2D eigenvalue weighted by atomic mass is 32.2. The quantitative estimate of drug-likeness (QED) is 0.247. The normalized spacial score (nSPS) is 11.8. The second-order valence-electron chi connectivity index (χ2n) is 4.86. The maximum atomic E-state index is 12.9. The van der Waals surface area contributed by atoms with Crippen molar-refractivity contribution in [1.29, 1.82) is 0 Å². The first-order valence-corrected chi connectivity index (χ1v) is 8.78. The van der Waals surface area contributed by atoms with Crippen LogP contribution in [-0.2, 0) is 14.6 Å². The predicted molar refractivity (Wildman–Crippen MR) is 90.8 cm³/mol. The second kappa shape index (κ2) is 7.71. The van der Waals surface area contributed by atoms with Crippen molar-refractivity contribution in [3.8, 4) is 0 Å². The van der Waals surface area contributed by atoms with Crippen LogP contribution in [0, 0.1) is 10.1 Å². The number of nitrogens with zero attached hydrogens (tertiary/aromatic N) is 1. The van der Waals surface area contributed by atoms with E-state index in [4.69, 9.17) is 4.74 Å². The first kappa shape index (κ1) is 18.3. The zero-order valence-electron chi connectivity index (χ0n) is 13.3. The lowest BCUT2D eigenvalue weighted by Gasteiger charge is -2.09. The van der Waals surface area contributed by atoms with Crippen LogP contribution in [0.2, 0.25) is 0 Å². The van der Waals surface area contributed by atoms with Gasteiger partial charge in [-0.1, -0.05) is 42.5 Å². The molecule has 2 rings (SSSR count). The van der Waals surface area contributed by atoms with Crippen LogP contribution in [0.15, 0.2) is 70.7 Å². The third kappa shape index (κ3) is 3.92. The van der Waals surface area contributed by atoms with Gasteiger partial charge in [0.15, 0.2) is 4.91 Å². The van der Waals surface area contributed by atoms with Gasteiger partial charge in [-0.05, 0) is 13.0 Å². The van der Waals surface area contributed by atoms with Gasteiger partial charge < -0.3 is 4.74 Å². The number of hydrogen-bond donors (Lipinski definition) is 0. The number of nitro groups is 1. The predicted octanol–water partition coefficient (Wildman–Crippen LogP) is 3.13. The Morgan fingerprint density at radius 3 is 2.32 bits per heavy atom. The summed E-state index contributed by atoms with van der Waals surface area (Å²) < 4.78 is 30.8. The molecule has 25 heavy (non-hydrogen) atoms. The lowest BCUT2D eigenvalue weighted by atomic mass is 10.1. The average Bonchev–Trinajstić information content (AvgIpc) is 2.62. The Morgan fingerprint density at radius 2 is 1.72 bits per heavy atom. The van der Waals surface area contributed by atoms with Crippen molar-refractivity contribution in [2.24, 2.45) is 0 Å². The van der Waals surface area contributed by atoms with E-state index in [1.807, 2.05) is 0 Å². The molecule has 0 heterocycles. The molecule has 0 aliphatic rings. The molecule has 0 saturated carbocycles. The van der Waals surface area contributed by atoms with Gasteiger partial charge in [0.1, 0.15) is 11.2 Å². The number of hydrogen-bond acceptors (Lipinski definition) is 6. The van der Waals surface area contributed by atoms with Crippen LogP contribution in [0.3, 0.4) is 0 Å². The lowest BCUT2D eigenvalue weighted by molar-refractivity contribution is -0.387. The fraction of sp³-hybridized carbons (Fsp3) is 0.118. The maximum Gasteiger partial charge on any atom is 0.288 e. The molecule has 0 spiro atoms. The lowest BCUT2D eigenvalue weighted by Crippen LogP contribution is -2.16. The summed E-state index contributed by atoms with van der Waals surface area (Å²) in [6, 6.07) is 12.6. The van der Waals surface area contributed by atoms with Gasteiger partial charge in [0.2, 0.25) is 15.6 Å². The minimum absolute atomic E-state index is 0.135. The van der Waals surface area contributed by atoms with E-state index in [1.165, 1.54) is 24.3 Å². The molecule has 8 heteroatoms. The molecule has 0 N–H and O–H groups in total. The van der Waals surface area contributed by atoms with Gasteiger partial charge in [-0.25, -0.2) is 8.42 Å². The molecule has 0 aliphatic carbocycles. The number of para-hydroxylation sites is 1. The molecule has 2 aromatic carbocycles. The smallest absolute Gasteiger partial charge is 0.288 e. The number of ether oxygens (including phenoxy) is 1. The molecule has 0 bridgehead atoms. The second-order valence-corrected chi connectivity index (χ2v) is 6.75. The van der Waals surface area contributed by atoms with E-state index in [0.29, 0.717) is 0 Å². The number of carbonyl (C=O) groups is 1. The average molecular weight is 361 g/mol. The summed E-state index contributed by atoms with van der Waals surface area (Å²) in [5, 5.41) is 11.2. The molecular weight excluding hydrogens is 346 g/mol. The topological polar surface area (TPSA) is 104 Å². The zero-order valence-corrected chi connectivity index (χ0v) is 14.1. The molecule has 0 saturated heterocycles. The molecule has 0 atom stereocenters. The molecule has 2 aromatic rings. The van der Waals surface area contributed by atoms with Gasteiger partial charge in [0.25, 0.3) is 5.69 Å². The highest BCUT2D eigenvalue weighted by Gasteiger charge is 2.33. The molecule has 0 fully saturated rings. The van der Waals surface area contributed by atoms with Crippen LogP contribution < -0.4 is 0 Å². The molecule has 7 nitrogen and oxygen atoms in total. The number of Topliss-reactive ketones (excluding diaryl/α,β-unsaturated/α-hetero) is 1. The minimum Gasteiger partial charge on any atom is -0.500 e. The van der Waals surface area contributed by atoms with E-state index in [9.17, 15) is 23.3 Å². The van der Waals surface area contributed by atoms with Gasteiger partial charge in [0, 0.05) is 11.6 Å². The van der Waals surface area contributed by atoms with Crippen LogP contribution in [0.5, 0.6) is 0 Å². The van der Waals surface area contributed by atoms with Gasteiger partial charge in [-0.3, -0.25) is 14.9 Å². The number of carbonyl (C=O) groups excluding carboxylic acids is 1. The summed E-state index contributed by atoms with van der Waals surface area (Å²) in [6.45, 7) is 1.76. The van der Waals surface area contributed by atoms with Crippen molar-refractivity contribution in [1.82, 2.24) is 0 Å². The minimum atomic E-state index is -4.45. The molecule has 0 unspecified atom stereocenters. The Balaban J connectivity index is 2.63. The molecule has 0 aromatic heterocycles. The van der Waals surface area contributed by atoms with Gasteiger partial charge in [-0.15, -0.1) is 0 Å². The Labute approximate surface area is 144 Å². The Morgan fingerprint density at radius 1 is 1.12 bits per heavy atom. The van der Waals surface area contributed by atoms with Crippen molar-refractivity contribution in [3.05, 3.63) is 81.4 Å². The van der Waals surface area contributed by atoms with Crippen molar-refractivity contribution in [2.75, 3.05) is 6.61 Å². The Hall–Kier alpha value is -3.00. The Bertz CT molecular complexity index is 919. The van der Waals surface area contributed by atoms with Crippen molar-refractivity contribution >= 4 is 21.3 Å². The highest BCUT2D eigenvalue weighted by molar-refractivity contribution is 7.96. The monoisotopic (exact) mass is 361 g/mol. The largest absolute Gasteiger partial charge is 0.500 e. The fourth-order valence-corrected chi connectivity index (χ4v) is 3.55. The van der Waals surface area contributed by atoms with Gasteiger partial charge in [0.05, 0.1) is 11.5 Å². The standard InChI is InChI=1S/C17H15NO6S/c1-2-24-12-16(17(19)13-8-4-3-5-9-13)25(22,23)15-11-7-6-10-14(15)18(20)21/h3-12H,2H2,1H3/b16-12-. The van der Waals surface area contributed by atoms with Crippen LogP contribution in [-0.4, -0.2) is 25.7 Å². The van der Waals surface area contributed by atoms with E-state index >= 15 is 0 Å². The number of nitro benzene ring substituents is 1. The highest BCUT2D eigenvalue weighted by Crippen LogP contribution is 2.30. The number of ketones is 1. The summed E-state index contributed by atoms with van der Waals surface area (Å²) >= 11 is 0. The molecule has 0 amide bonds. The van der Waals surface area contributed by atoms with Crippen molar-refractivity contribution < 1.29 is 22.9 Å². The van der Waals surface area contributed by atoms with Crippen LogP contribution in [0.4, 0.5) is 5.69 Å². The van der Waals surface area contributed by atoms with E-state index in [0.717, 1.165) is 18.4 Å². The van der Waals surface area contributed by atoms with E-state index in [-0.39, 0.29) is 12.2 Å². The number of allylic oxidation sites excluding steroid dienone is 1. The molecule has 0 aliphatic heterocycles. The molecule has 130 valence electrons. The first-order chi connectivity index (χ1) is 11.9. The maximum absolute atomic E-state index is 12.9. The fourth-order valence-electron chi connectivity index (χ4n) is 2.08. The summed E-state index contributed by atoms with van der Waals surface area (Å²) in [5.41, 5.74) is -0.471. The SMILES string of the molecule is CCO/C=C(/C(=O)c1ccccc1)S(=O)(=O)c1ccccc1[N+](=O)[O-]. The summed E-state index contributed by atoms with van der Waals surface area (Å²) in [7, 11) is -4.45. The first-order valence-electron chi connectivity index (χ1n) is 7.29. The summed E-state index contributed by atoms with van der Waals surface area (Å²) in [6.07, 6.45) is 0.835. The van der Waals surface area contributed by atoms with Gasteiger partial charge >= 0.3 is 0 Å². The van der Waals surface area contributed by atoms with Crippen LogP contribution >= 0.6 is 0 Å². The van der Waals surface area contributed by atoms with Crippen molar-refractivity contribution in [2.45, 2.75) is 11.8 Å². The van der Waals surface area contributed by atoms with E-state index in [1.54, 1.807) is 25.1 Å². The summed E-state index contributed by atoms with van der Waals surface area (Å²) in [5.74, 6) is -0.799. The summed E-state index contributed by atoms with van der Waals surface area (Å²) in [4.78, 5) is 21.8.